The number of hydrogen-bond acceptors (Lipinski definition) is 11. The Kier molecular flexibility index (Phi) is 32.6. The number of allylic oxidation sites excluding steroid dienone is 1. The summed E-state index contributed by atoms with van der Waals surface area (Å²) in [5.74, 6) is 0.595. The molecule has 3 aromatic carbocycles. The topological polar surface area (TPSA) is 161 Å². The number of halogens is 3. The van der Waals surface area contributed by atoms with Crippen LogP contribution in [0.15, 0.2) is 85.1 Å². The van der Waals surface area contributed by atoms with Crippen molar-refractivity contribution < 1.29 is 42.8 Å². The molecule has 4 heterocycles. The molecule has 0 unspecified atom stereocenters. The van der Waals surface area contributed by atoms with E-state index >= 15 is 0 Å². The van der Waals surface area contributed by atoms with Gasteiger partial charge in [-0.2, -0.15) is 0 Å². The first-order valence-electron chi connectivity index (χ1n) is 23.0. The van der Waals surface area contributed by atoms with Crippen LogP contribution in [0.4, 0.5) is 15.8 Å². The number of aromatic hydroxyl groups is 1. The number of ether oxygens (including phenoxy) is 5. The molecule has 3 aromatic heterocycles. The summed E-state index contributed by atoms with van der Waals surface area (Å²) in [6.45, 7) is 16.9. The van der Waals surface area contributed by atoms with Crippen LogP contribution in [0.25, 0.3) is 27.3 Å². The van der Waals surface area contributed by atoms with E-state index in [1.54, 1.807) is 49.2 Å². The summed E-state index contributed by atoms with van der Waals surface area (Å²) in [6.07, 6.45) is 11.9. The van der Waals surface area contributed by atoms with Gasteiger partial charge in [0.2, 0.25) is 0 Å². The Bertz CT molecular complexity index is 2390. The minimum Gasteiger partial charge on any atom is -0.507 e. The number of carbonyl (C=O) groups is 2. The summed E-state index contributed by atoms with van der Waals surface area (Å²) in [7, 11) is 5.37. The van der Waals surface area contributed by atoms with Crippen LogP contribution in [0.5, 0.6) is 11.5 Å². The van der Waals surface area contributed by atoms with Crippen LogP contribution >= 0.6 is 23.2 Å². The Morgan fingerprint density at radius 2 is 1.54 bits per heavy atom. The van der Waals surface area contributed by atoms with Gasteiger partial charge in [0.25, 0.3) is 5.91 Å². The van der Waals surface area contributed by atoms with Gasteiger partial charge in [-0.05, 0) is 73.2 Å². The molecule has 1 amide bonds. The van der Waals surface area contributed by atoms with E-state index in [-0.39, 0.29) is 11.7 Å². The number of fused-ring (bicyclic) bond motifs is 5. The van der Waals surface area contributed by atoms with Gasteiger partial charge in [0.05, 0.1) is 51.9 Å². The number of anilines is 2. The van der Waals surface area contributed by atoms with Gasteiger partial charge in [0.15, 0.2) is 6.29 Å². The number of unbranched alkanes of at least 4 members (excludes halogenated alkanes) is 1. The summed E-state index contributed by atoms with van der Waals surface area (Å²) in [6, 6.07) is 18.8. The van der Waals surface area contributed by atoms with E-state index in [9.17, 15) is 19.1 Å². The number of aromatic nitrogens is 3. The highest BCUT2D eigenvalue weighted by Gasteiger charge is 2.21. The van der Waals surface area contributed by atoms with E-state index in [2.05, 4.69) is 82.6 Å². The van der Waals surface area contributed by atoms with Gasteiger partial charge >= 0.3 is 0 Å². The summed E-state index contributed by atoms with van der Waals surface area (Å²) in [5.41, 5.74) is 6.57. The fourth-order valence-corrected chi connectivity index (χ4v) is 6.46. The fourth-order valence-electron chi connectivity index (χ4n) is 6.46. The molecule has 17 heteroatoms. The Hall–Kier alpha value is -5.42. The summed E-state index contributed by atoms with van der Waals surface area (Å²) < 4.78 is 40.1. The lowest BCUT2D eigenvalue weighted by Gasteiger charge is -2.14. The summed E-state index contributed by atoms with van der Waals surface area (Å²) >= 11 is 9.28. The second-order valence-corrected chi connectivity index (χ2v) is 14.6. The first-order valence-corrected chi connectivity index (χ1v) is 24.5. The van der Waals surface area contributed by atoms with Crippen molar-refractivity contribution in [3.05, 3.63) is 108 Å². The third kappa shape index (κ3) is 21.4. The summed E-state index contributed by atoms with van der Waals surface area (Å²) in [4.78, 5) is 33.2. The molecule has 0 bridgehead atoms. The molecule has 0 radical (unpaired) electrons. The van der Waals surface area contributed by atoms with E-state index in [4.69, 9.17) is 23.7 Å². The summed E-state index contributed by atoms with van der Waals surface area (Å²) in [5, 5.41) is 18.5. The second-order valence-electron chi connectivity index (χ2n) is 14.6. The van der Waals surface area contributed by atoms with Crippen molar-refractivity contribution in [2.24, 2.45) is 0 Å². The van der Waals surface area contributed by atoms with Crippen LogP contribution in [-0.2, 0) is 25.4 Å². The predicted molar refractivity (Wildman–Crippen MR) is 283 cm³/mol. The maximum Gasteiger partial charge on any atom is 0.272 e. The van der Waals surface area contributed by atoms with Crippen molar-refractivity contribution >= 4 is 74.1 Å². The smallest absolute Gasteiger partial charge is 0.272 e. The number of aryl methyl sites for hydroxylation is 1. The lowest BCUT2D eigenvalue weighted by atomic mass is 9.97. The molecule has 0 atom stereocenters. The monoisotopic (exact) mass is 1000 g/mol. The molecule has 1 aliphatic rings. The number of pyridine rings is 1. The number of benzene rings is 3. The number of amides is 1. The van der Waals surface area contributed by atoms with Crippen LogP contribution in [0.2, 0.25) is 0 Å². The highest BCUT2D eigenvalue weighted by atomic mass is 35.5. The van der Waals surface area contributed by atoms with Gasteiger partial charge in [-0.15, -0.1) is 23.2 Å². The minimum absolute atomic E-state index is 0.197. The number of rotatable bonds is 18. The van der Waals surface area contributed by atoms with Gasteiger partial charge in [-0.1, -0.05) is 58.7 Å². The van der Waals surface area contributed by atoms with Crippen molar-refractivity contribution in [3.8, 4) is 11.5 Å². The highest BCUT2D eigenvalue weighted by molar-refractivity contribution is 6.15. The maximum atomic E-state index is 12.8. The second kappa shape index (κ2) is 36.5. The number of imidazole rings is 1. The van der Waals surface area contributed by atoms with Crippen LogP contribution in [0, 0.1) is 6.92 Å². The largest absolute Gasteiger partial charge is 0.507 e. The van der Waals surface area contributed by atoms with E-state index in [0.717, 1.165) is 29.3 Å². The highest BCUT2D eigenvalue weighted by Crippen LogP contribution is 2.40. The van der Waals surface area contributed by atoms with Gasteiger partial charge in [0, 0.05) is 87.2 Å². The van der Waals surface area contributed by atoms with Crippen LogP contribution in [0.3, 0.4) is 0 Å². The van der Waals surface area contributed by atoms with Crippen LogP contribution < -0.4 is 20.3 Å². The number of carbonyl (C=O) groups excluding carboxylic acids is 2. The first kappa shape index (κ1) is 61.6. The lowest BCUT2D eigenvalue weighted by molar-refractivity contribution is 0.000169. The van der Waals surface area contributed by atoms with Gasteiger partial charge in [-0.3, -0.25) is 9.59 Å². The van der Waals surface area contributed by atoms with E-state index < -0.39 is 0 Å². The van der Waals surface area contributed by atoms with Crippen molar-refractivity contribution in [1.29, 1.82) is 0 Å². The molecule has 7 rings (SSSR count). The Labute approximate surface area is 418 Å². The SMILES string of the molecule is CC.CCCC.CCl.CCl.CN/C=C(/C)F.COCCOCCOCCOCCOc1ccc2[nH]c(C(=O)Nc3ccc4nc(C=O)cn4c3)cc2c1.Cc1cccc2c(O)cc3c(c12)CCN3C. The molecule has 382 valence electrons. The molecule has 0 saturated carbocycles. The van der Waals surface area contributed by atoms with Gasteiger partial charge < -0.3 is 53.7 Å². The number of methoxy groups -OCH3 is 1. The molecule has 6 aromatic rings. The third-order valence-corrected chi connectivity index (χ3v) is 9.74. The standard InChI is InChI=1S/C26H30N4O7.C14H15NO.C4H8FN.C4H10.C2H6.2CH3Cl/c1-33-6-7-34-8-9-35-10-11-36-12-13-37-22-3-4-23-19(14-22)15-24(29-23)26(32)28-20-2-5-25-27-21(18-31)17-30(25)16-20;1-9-4-3-5-11-13(16)8-12-10(14(9)11)6-7-15(12)2;1-4(5)3-6-2;1-3-4-2;3*1-2/h2-5,14-18,29H,6-13H2,1H3,(H,28,32);3-5,8,16H,6-7H2,1-2H3;3,6H,1-2H3;3-4H2,1-2H3;1-2H3;2*1H3/b;;4-3-;;;;. The van der Waals surface area contributed by atoms with Crippen molar-refractivity contribution in [1.82, 2.24) is 19.7 Å². The zero-order chi connectivity index (χ0) is 51.6. The number of aldehydes is 1. The molecule has 14 nitrogen and oxygen atoms in total. The first-order chi connectivity index (χ1) is 33.5. The van der Waals surface area contributed by atoms with E-state index in [1.807, 2.05) is 50.2 Å². The number of alkyl halides is 2. The van der Waals surface area contributed by atoms with Crippen LogP contribution in [-0.4, -0.2) is 125 Å². The minimum atomic E-state index is -0.286. The molecule has 1 aliphatic heterocycles. The number of likely N-dealkylation sites (N-methyl/N-ethyl adjacent to an activating group) is 1. The molecule has 0 spiro atoms. The van der Waals surface area contributed by atoms with Crippen molar-refractivity contribution in [2.75, 3.05) is 104 Å². The molecule has 69 heavy (non-hydrogen) atoms. The third-order valence-electron chi connectivity index (χ3n) is 9.74. The van der Waals surface area contributed by atoms with Gasteiger partial charge in [-0.25, -0.2) is 9.37 Å². The Morgan fingerprint density at radius 3 is 2.12 bits per heavy atom. The zero-order valence-electron chi connectivity index (χ0n) is 42.3. The van der Waals surface area contributed by atoms with Crippen LogP contribution in [0.1, 0.15) is 79.6 Å². The van der Waals surface area contributed by atoms with E-state index in [0.29, 0.717) is 93.4 Å². The van der Waals surface area contributed by atoms with Crippen molar-refractivity contribution in [2.45, 2.75) is 60.8 Å². The fraction of sp³-hybridized carbons (Fsp3) is 0.442. The molecule has 0 aliphatic carbocycles. The molecule has 0 fully saturated rings. The number of phenols is 1. The molecule has 4 N–H and O–H groups in total. The number of hydrogen-bond donors (Lipinski definition) is 4. The van der Waals surface area contributed by atoms with E-state index in [1.165, 1.54) is 60.9 Å². The molecular weight excluding hydrogens is 927 g/mol. The lowest BCUT2D eigenvalue weighted by Crippen LogP contribution is -2.13. The van der Waals surface area contributed by atoms with Gasteiger partial charge in [0.1, 0.15) is 41.0 Å². The van der Waals surface area contributed by atoms with Crippen molar-refractivity contribution in [3.63, 3.8) is 0 Å². The zero-order valence-corrected chi connectivity index (χ0v) is 43.9. The predicted octanol–water partition coefficient (Wildman–Crippen LogP) is 11.4. The number of H-pyrrole nitrogens is 1. The Balaban J connectivity index is 0.000000607. The average Bonchev–Trinajstić information content (AvgIpc) is 4.10. The quantitative estimate of drug-likeness (QED) is 0.0368. The number of phenolic OH excluding ortho intramolecular Hbond substituents is 1. The Morgan fingerprint density at radius 1 is 0.899 bits per heavy atom. The number of nitrogens with one attached hydrogen (secondary N) is 3. The number of nitrogens with zero attached hydrogens (tertiary/aromatic N) is 3. The maximum absolute atomic E-state index is 12.8. The molecular formula is C52H75Cl2FN6O8. The molecule has 0 saturated heterocycles. The average molecular weight is 1000 g/mol. The normalized spacial score (nSPS) is 11.1. The number of aromatic amines is 1.